The minimum atomic E-state index is -3.73. The zero-order chi connectivity index (χ0) is 14.5. The number of sulfonamides is 1. The first-order valence-electron chi connectivity index (χ1n) is 5.80. The summed E-state index contributed by atoms with van der Waals surface area (Å²) in [6.45, 7) is 2.23. The van der Waals surface area contributed by atoms with Crippen molar-refractivity contribution >= 4 is 21.6 Å². The van der Waals surface area contributed by atoms with Gasteiger partial charge >= 0.3 is 0 Å². The van der Waals surface area contributed by atoms with Crippen molar-refractivity contribution in [2.75, 3.05) is 13.7 Å². The first-order chi connectivity index (χ1) is 8.90. The molecule has 8 heteroatoms. The maximum atomic E-state index is 12.1. The van der Waals surface area contributed by atoms with Gasteiger partial charge in [-0.3, -0.25) is 4.79 Å². The molecule has 0 amide bonds. The van der Waals surface area contributed by atoms with Crippen LogP contribution in [0.5, 0.6) is 0 Å². The van der Waals surface area contributed by atoms with Crippen LogP contribution in [0.25, 0.3) is 0 Å². The van der Waals surface area contributed by atoms with Gasteiger partial charge in [0, 0.05) is 19.3 Å². The van der Waals surface area contributed by atoms with Gasteiger partial charge in [0.05, 0.1) is 11.5 Å². The molecule has 1 heterocycles. The van der Waals surface area contributed by atoms with E-state index >= 15 is 0 Å². The van der Waals surface area contributed by atoms with Crippen LogP contribution >= 0.6 is 11.6 Å². The lowest BCUT2D eigenvalue weighted by atomic mass is 10.2. The van der Waals surface area contributed by atoms with Crippen LogP contribution in [0.15, 0.2) is 22.0 Å². The molecular formula is C11H17ClN2O4S. The minimum absolute atomic E-state index is 0.0747. The zero-order valence-corrected chi connectivity index (χ0v) is 12.3. The third-order valence-corrected chi connectivity index (χ3v) is 4.25. The summed E-state index contributed by atoms with van der Waals surface area (Å²) in [7, 11) is -2.22. The van der Waals surface area contributed by atoms with Crippen molar-refractivity contribution in [1.29, 1.82) is 0 Å². The number of hydrogen-bond acceptors (Lipinski definition) is 4. The predicted molar refractivity (Wildman–Crippen MR) is 73.0 cm³/mol. The van der Waals surface area contributed by atoms with Crippen LogP contribution < -0.4 is 10.3 Å². The molecule has 0 spiro atoms. The first kappa shape index (κ1) is 16.2. The molecule has 0 fully saturated rings. The number of halogens is 1. The summed E-state index contributed by atoms with van der Waals surface area (Å²) in [5.41, 5.74) is -0.525. The summed E-state index contributed by atoms with van der Waals surface area (Å²) in [4.78, 5) is 13.3. The summed E-state index contributed by atoms with van der Waals surface area (Å²) in [6.07, 6.45) is 2.60. The van der Waals surface area contributed by atoms with Crippen molar-refractivity contribution in [2.24, 2.45) is 0 Å². The quantitative estimate of drug-likeness (QED) is 0.790. The van der Waals surface area contributed by atoms with Crippen LogP contribution in [0.2, 0.25) is 5.02 Å². The number of ether oxygens (including phenoxy) is 1. The number of rotatable bonds is 7. The Morgan fingerprint density at radius 3 is 2.74 bits per heavy atom. The monoisotopic (exact) mass is 308 g/mol. The van der Waals surface area contributed by atoms with Gasteiger partial charge in [0.2, 0.25) is 10.0 Å². The number of pyridine rings is 1. The maximum absolute atomic E-state index is 12.1. The van der Waals surface area contributed by atoms with Crippen molar-refractivity contribution < 1.29 is 13.2 Å². The third-order valence-electron chi connectivity index (χ3n) is 2.47. The van der Waals surface area contributed by atoms with Crippen molar-refractivity contribution in [1.82, 2.24) is 9.71 Å². The number of methoxy groups -OCH3 is 1. The van der Waals surface area contributed by atoms with Crippen LogP contribution in [0, 0.1) is 0 Å². The Morgan fingerprint density at radius 1 is 1.53 bits per heavy atom. The average molecular weight is 309 g/mol. The molecule has 0 bridgehead atoms. The van der Waals surface area contributed by atoms with E-state index in [9.17, 15) is 13.2 Å². The Bertz CT molecular complexity index is 564. The zero-order valence-electron chi connectivity index (χ0n) is 10.8. The fraction of sp³-hybridized carbons (Fsp3) is 0.545. The lowest BCUT2D eigenvalue weighted by Gasteiger charge is -2.17. The van der Waals surface area contributed by atoms with Gasteiger partial charge in [0.15, 0.2) is 0 Å². The van der Waals surface area contributed by atoms with Crippen molar-refractivity contribution in [3.05, 3.63) is 27.6 Å². The molecule has 0 aliphatic heterocycles. The Labute approximate surface area is 117 Å². The van der Waals surface area contributed by atoms with Gasteiger partial charge in [-0.1, -0.05) is 24.9 Å². The first-order valence-corrected chi connectivity index (χ1v) is 7.66. The molecule has 0 saturated heterocycles. The van der Waals surface area contributed by atoms with Crippen molar-refractivity contribution in [2.45, 2.75) is 30.7 Å². The van der Waals surface area contributed by atoms with Crippen LogP contribution in [-0.4, -0.2) is 33.2 Å². The standard InChI is InChI=1S/C11H17ClN2O4S/c1-3-4-8(7-18-2)14-19(16,17)9-5-10(12)11(15)13-6-9/h5-6,8,14H,3-4,7H2,1-2H3,(H,13,15). The molecule has 1 atom stereocenters. The predicted octanol–water partition coefficient (Wildman–Crippen LogP) is 1.12. The highest BCUT2D eigenvalue weighted by atomic mass is 35.5. The highest BCUT2D eigenvalue weighted by Gasteiger charge is 2.20. The van der Waals surface area contributed by atoms with Gasteiger partial charge in [-0.15, -0.1) is 0 Å². The third kappa shape index (κ3) is 4.61. The molecule has 0 aromatic carbocycles. The van der Waals surface area contributed by atoms with Crippen LogP contribution in [-0.2, 0) is 14.8 Å². The molecule has 0 saturated carbocycles. The molecule has 2 N–H and O–H groups in total. The highest BCUT2D eigenvalue weighted by molar-refractivity contribution is 7.89. The molecule has 1 aromatic rings. The Morgan fingerprint density at radius 2 is 2.21 bits per heavy atom. The summed E-state index contributed by atoms with van der Waals surface area (Å²) >= 11 is 5.62. The maximum Gasteiger partial charge on any atom is 0.266 e. The van der Waals surface area contributed by atoms with Crippen LogP contribution in [0.1, 0.15) is 19.8 Å². The van der Waals surface area contributed by atoms with E-state index in [1.807, 2.05) is 6.92 Å². The van der Waals surface area contributed by atoms with E-state index < -0.39 is 15.6 Å². The van der Waals surface area contributed by atoms with Gasteiger partial charge in [-0.05, 0) is 12.5 Å². The van der Waals surface area contributed by atoms with E-state index in [1.165, 1.54) is 7.11 Å². The molecule has 19 heavy (non-hydrogen) atoms. The SMILES string of the molecule is CCCC(COC)NS(=O)(=O)c1c[nH]c(=O)c(Cl)c1. The average Bonchev–Trinajstić information content (AvgIpc) is 2.32. The van der Waals surface area contributed by atoms with Gasteiger partial charge in [-0.2, -0.15) is 0 Å². The van der Waals surface area contributed by atoms with Gasteiger partial charge < -0.3 is 9.72 Å². The van der Waals surface area contributed by atoms with Gasteiger partial charge in [-0.25, -0.2) is 13.1 Å². The van der Waals surface area contributed by atoms with Crippen molar-refractivity contribution in [3.8, 4) is 0 Å². The second kappa shape index (κ2) is 7.04. The lowest BCUT2D eigenvalue weighted by molar-refractivity contribution is 0.171. The molecule has 6 nitrogen and oxygen atoms in total. The van der Waals surface area contributed by atoms with E-state index in [4.69, 9.17) is 16.3 Å². The lowest BCUT2D eigenvalue weighted by Crippen LogP contribution is -2.38. The number of nitrogens with one attached hydrogen (secondary N) is 2. The largest absolute Gasteiger partial charge is 0.383 e. The Balaban J connectivity index is 2.95. The fourth-order valence-electron chi connectivity index (χ4n) is 1.61. The summed E-state index contributed by atoms with van der Waals surface area (Å²) in [5, 5.41) is -0.165. The second-order valence-electron chi connectivity index (χ2n) is 4.07. The molecule has 1 aromatic heterocycles. The molecule has 1 unspecified atom stereocenters. The van der Waals surface area contributed by atoms with Gasteiger partial charge in [0.25, 0.3) is 5.56 Å². The van der Waals surface area contributed by atoms with E-state index in [0.717, 1.165) is 18.7 Å². The number of hydrogen-bond donors (Lipinski definition) is 2. The molecular weight excluding hydrogens is 292 g/mol. The topological polar surface area (TPSA) is 88.3 Å². The number of aromatic amines is 1. The Hall–Kier alpha value is -0.890. The number of aromatic nitrogens is 1. The molecule has 108 valence electrons. The van der Waals surface area contributed by atoms with Crippen LogP contribution in [0.3, 0.4) is 0 Å². The Kier molecular flexibility index (Phi) is 5.99. The molecule has 1 rings (SSSR count). The van der Waals surface area contributed by atoms with E-state index in [2.05, 4.69) is 9.71 Å². The van der Waals surface area contributed by atoms with Crippen LogP contribution in [0.4, 0.5) is 0 Å². The second-order valence-corrected chi connectivity index (χ2v) is 6.20. The molecule has 0 radical (unpaired) electrons. The smallest absolute Gasteiger partial charge is 0.266 e. The minimum Gasteiger partial charge on any atom is -0.383 e. The normalized spacial score (nSPS) is 13.4. The molecule has 0 aliphatic carbocycles. The summed E-state index contributed by atoms with van der Waals surface area (Å²) < 4.78 is 31.7. The fourth-order valence-corrected chi connectivity index (χ4v) is 3.09. The summed E-state index contributed by atoms with van der Waals surface area (Å²) in [6, 6.07) is 0.809. The van der Waals surface area contributed by atoms with E-state index in [-0.39, 0.29) is 22.6 Å². The van der Waals surface area contributed by atoms with Gasteiger partial charge in [0.1, 0.15) is 5.02 Å². The van der Waals surface area contributed by atoms with E-state index in [1.54, 1.807) is 0 Å². The molecule has 0 aliphatic rings. The van der Waals surface area contributed by atoms with Crippen molar-refractivity contribution in [3.63, 3.8) is 0 Å². The summed E-state index contributed by atoms with van der Waals surface area (Å²) in [5.74, 6) is 0. The van der Waals surface area contributed by atoms with E-state index in [0.29, 0.717) is 6.42 Å². The highest BCUT2D eigenvalue weighted by Crippen LogP contribution is 2.12. The number of H-pyrrole nitrogens is 1.